The van der Waals surface area contributed by atoms with Crippen molar-refractivity contribution in [2.45, 2.75) is 54.4 Å². The summed E-state index contributed by atoms with van der Waals surface area (Å²) < 4.78 is 0. The summed E-state index contributed by atoms with van der Waals surface area (Å²) in [5.74, 6) is 1.58. The van der Waals surface area contributed by atoms with E-state index in [0.29, 0.717) is 5.41 Å². The van der Waals surface area contributed by atoms with Gasteiger partial charge in [0, 0.05) is 0 Å². The molecule has 0 aliphatic carbocycles. The summed E-state index contributed by atoms with van der Waals surface area (Å²) in [5, 5.41) is 0. The summed E-state index contributed by atoms with van der Waals surface area (Å²) in [5.41, 5.74) is 1.74. The maximum Gasteiger partial charge on any atom is -0.0292 e. The maximum atomic E-state index is 4.02. The SMILES string of the molecule is C=C(C)CC(CC(C)C)C(C)(C)C. The highest BCUT2D eigenvalue weighted by Crippen LogP contribution is 2.35. The highest BCUT2D eigenvalue weighted by Gasteiger charge is 2.24. The van der Waals surface area contributed by atoms with E-state index >= 15 is 0 Å². The van der Waals surface area contributed by atoms with Gasteiger partial charge in [0.2, 0.25) is 0 Å². The van der Waals surface area contributed by atoms with Gasteiger partial charge in [0.05, 0.1) is 0 Å². The normalized spacial score (nSPS) is 14.7. The van der Waals surface area contributed by atoms with Crippen LogP contribution in [-0.4, -0.2) is 0 Å². The zero-order chi connectivity index (χ0) is 10.6. The highest BCUT2D eigenvalue weighted by atomic mass is 14.3. The molecule has 0 radical (unpaired) electrons. The maximum absolute atomic E-state index is 4.02. The second-order valence-corrected chi connectivity index (χ2v) is 5.85. The summed E-state index contributed by atoms with van der Waals surface area (Å²) in [7, 11) is 0. The zero-order valence-electron chi connectivity index (χ0n) is 10.3. The predicted molar refractivity (Wildman–Crippen MR) is 61.8 cm³/mol. The molecule has 1 atom stereocenters. The lowest BCUT2D eigenvalue weighted by atomic mass is 9.73. The van der Waals surface area contributed by atoms with Crippen molar-refractivity contribution in [2.24, 2.45) is 17.3 Å². The van der Waals surface area contributed by atoms with Crippen LogP contribution in [0.15, 0.2) is 12.2 Å². The van der Waals surface area contributed by atoms with Gasteiger partial charge in [-0.3, -0.25) is 0 Å². The highest BCUT2D eigenvalue weighted by molar-refractivity contribution is 4.93. The van der Waals surface area contributed by atoms with Crippen LogP contribution in [0.5, 0.6) is 0 Å². The molecule has 0 N–H and O–H groups in total. The summed E-state index contributed by atoms with van der Waals surface area (Å²) in [6, 6.07) is 0. The fourth-order valence-electron chi connectivity index (χ4n) is 1.73. The van der Waals surface area contributed by atoms with Crippen LogP contribution in [0.25, 0.3) is 0 Å². The van der Waals surface area contributed by atoms with Crippen molar-refractivity contribution < 1.29 is 0 Å². The minimum Gasteiger partial charge on any atom is -0.100 e. The van der Waals surface area contributed by atoms with Gasteiger partial charge in [-0.05, 0) is 37.0 Å². The lowest BCUT2D eigenvalue weighted by Crippen LogP contribution is -2.22. The molecule has 0 bridgehead atoms. The van der Waals surface area contributed by atoms with Crippen LogP contribution >= 0.6 is 0 Å². The molecule has 1 unspecified atom stereocenters. The van der Waals surface area contributed by atoms with Crippen LogP contribution in [0.1, 0.15) is 54.4 Å². The molecular weight excluding hydrogens is 156 g/mol. The van der Waals surface area contributed by atoms with Gasteiger partial charge in [-0.2, -0.15) is 0 Å². The van der Waals surface area contributed by atoms with E-state index in [2.05, 4.69) is 48.1 Å². The molecular formula is C13H26. The van der Waals surface area contributed by atoms with Crippen molar-refractivity contribution in [1.29, 1.82) is 0 Å². The predicted octanol–water partition coefficient (Wildman–Crippen LogP) is 4.66. The van der Waals surface area contributed by atoms with Gasteiger partial charge < -0.3 is 0 Å². The molecule has 78 valence electrons. The molecule has 0 aliphatic rings. The van der Waals surface area contributed by atoms with E-state index in [1.54, 1.807) is 0 Å². The Hall–Kier alpha value is -0.260. The van der Waals surface area contributed by atoms with E-state index in [-0.39, 0.29) is 0 Å². The minimum atomic E-state index is 0.420. The number of allylic oxidation sites excluding steroid dienone is 1. The van der Waals surface area contributed by atoms with Crippen LogP contribution < -0.4 is 0 Å². The first-order chi connectivity index (χ1) is 5.73. The Morgan fingerprint density at radius 2 is 1.69 bits per heavy atom. The van der Waals surface area contributed by atoms with Crippen LogP contribution in [0.2, 0.25) is 0 Å². The monoisotopic (exact) mass is 182 g/mol. The standard InChI is InChI=1S/C13H26/c1-10(2)8-12(9-11(3)4)13(5,6)7/h11-12H,1,8-9H2,2-7H3. The van der Waals surface area contributed by atoms with Crippen molar-refractivity contribution in [3.8, 4) is 0 Å². The van der Waals surface area contributed by atoms with Gasteiger partial charge in [0.15, 0.2) is 0 Å². The van der Waals surface area contributed by atoms with Crippen molar-refractivity contribution in [2.75, 3.05) is 0 Å². The quantitative estimate of drug-likeness (QED) is 0.555. The molecule has 0 heterocycles. The Labute approximate surface area is 84.4 Å². The third kappa shape index (κ3) is 5.90. The molecule has 0 aromatic heterocycles. The first kappa shape index (κ1) is 12.7. The third-order valence-electron chi connectivity index (χ3n) is 2.58. The zero-order valence-corrected chi connectivity index (χ0v) is 10.3. The van der Waals surface area contributed by atoms with Gasteiger partial charge in [-0.25, -0.2) is 0 Å². The molecule has 13 heavy (non-hydrogen) atoms. The van der Waals surface area contributed by atoms with Gasteiger partial charge in [-0.15, -0.1) is 6.58 Å². The van der Waals surface area contributed by atoms with Crippen LogP contribution in [0.4, 0.5) is 0 Å². The van der Waals surface area contributed by atoms with E-state index in [9.17, 15) is 0 Å². The van der Waals surface area contributed by atoms with Crippen molar-refractivity contribution >= 4 is 0 Å². The molecule has 0 aliphatic heterocycles. The van der Waals surface area contributed by atoms with E-state index < -0.39 is 0 Å². The summed E-state index contributed by atoms with van der Waals surface area (Å²) in [6.07, 6.45) is 2.50. The van der Waals surface area contributed by atoms with E-state index in [0.717, 1.165) is 11.8 Å². The lowest BCUT2D eigenvalue weighted by molar-refractivity contribution is 0.203. The molecule has 0 nitrogen and oxygen atoms in total. The molecule has 0 spiro atoms. The molecule has 0 rings (SSSR count). The fraction of sp³-hybridized carbons (Fsp3) is 0.846. The average Bonchev–Trinajstić information content (AvgIpc) is 1.81. The Morgan fingerprint density at radius 3 is 1.92 bits per heavy atom. The van der Waals surface area contributed by atoms with Gasteiger partial charge in [-0.1, -0.05) is 40.2 Å². The Bertz CT molecular complexity index is 157. The topological polar surface area (TPSA) is 0 Å². The van der Waals surface area contributed by atoms with Gasteiger partial charge in [0.1, 0.15) is 0 Å². The molecule has 0 saturated heterocycles. The van der Waals surface area contributed by atoms with Crippen molar-refractivity contribution in [3.63, 3.8) is 0 Å². The van der Waals surface area contributed by atoms with E-state index in [4.69, 9.17) is 0 Å². The Morgan fingerprint density at radius 1 is 1.23 bits per heavy atom. The second-order valence-electron chi connectivity index (χ2n) is 5.85. The third-order valence-corrected chi connectivity index (χ3v) is 2.58. The van der Waals surface area contributed by atoms with Gasteiger partial charge in [0.25, 0.3) is 0 Å². The fourth-order valence-corrected chi connectivity index (χ4v) is 1.73. The summed E-state index contributed by atoms with van der Waals surface area (Å²) in [4.78, 5) is 0. The number of rotatable bonds is 4. The number of hydrogen-bond donors (Lipinski definition) is 0. The minimum absolute atomic E-state index is 0.420. The van der Waals surface area contributed by atoms with E-state index in [1.165, 1.54) is 18.4 Å². The molecule has 0 amide bonds. The molecule has 0 fully saturated rings. The number of hydrogen-bond acceptors (Lipinski definition) is 0. The van der Waals surface area contributed by atoms with Crippen LogP contribution in [0.3, 0.4) is 0 Å². The summed E-state index contributed by atoms with van der Waals surface area (Å²) in [6.45, 7) is 17.8. The van der Waals surface area contributed by atoms with Crippen molar-refractivity contribution in [3.05, 3.63) is 12.2 Å². The Balaban J connectivity index is 4.28. The van der Waals surface area contributed by atoms with E-state index in [1.807, 2.05) is 0 Å². The van der Waals surface area contributed by atoms with Crippen molar-refractivity contribution in [1.82, 2.24) is 0 Å². The Kier molecular flexibility index (Phi) is 4.74. The molecule has 0 aromatic rings. The largest absolute Gasteiger partial charge is 0.100 e. The smallest absolute Gasteiger partial charge is 0.0292 e. The average molecular weight is 182 g/mol. The van der Waals surface area contributed by atoms with Crippen LogP contribution in [0, 0.1) is 17.3 Å². The molecule has 0 aromatic carbocycles. The first-order valence-electron chi connectivity index (χ1n) is 5.38. The lowest BCUT2D eigenvalue weighted by Gasteiger charge is -2.32. The first-order valence-corrected chi connectivity index (χ1v) is 5.38. The van der Waals surface area contributed by atoms with Crippen LogP contribution in [-0.2, 0) is 0 Å². The molecule has 0 heteroatoms. The summed E-state index contributed by atoms with van der Waals surface area (Å²) >= 11 is 0. The molecule has 0 saturated carbocycles. The van der Waals surface area contributed by atoms with Gasteiger partial charge >= 0.3 is 0 Å². The second kappa shape index (κ2) is 4.83.